The maximum absolute atomic E-state index is 5.60. The van der Waals surface area contributed by atoms with Gasteiger partial charge in [-0.05, 0) is 37.2 Å². The van der Waals surface area contributed by atoms with Gasteiger partial charge in [0.05, 0.1) is 12.6 Å². The molecule has 0 fully saturated rings. The summed E-state index contributed by atoms with van der Waals surface area (Å²) in [6.07, 6.45) is 4.17. The highest BCUT2D eigenvalue weighted by Crippen LogP contribution is 2.19. The smallest absolute Gasteiger partial charge is 0.109 e. The Kier molecular flexibility index (Phi) is 4.02. The van der Waals surface area contributed by atoms with E-state index in [1.165, 1.54) is 5.56 Å². The Morgan fingerprint density at radius 3 is 3.00 bits per heavy atom. The number of nitrogens with one attached hydrogen (secondary N) is 1. The Hall–Kier alpha value is -0.800. The number of rotatable bonds is 4. The average molecular weight is 282 g/mol. The molecule has 2 nitrogen and oxygen atoms in total. The lowest BCUT2D eigenvalue weighted by molar-refractivity contribution is 0.217. The third-order valence-electron chi connectivity index (χ3n) is 2.75. The summed E-state index contributed by atoms with van der Waals surface area (Å²) < 4.78 is 6.72. The van der Waals surface area contributed by atoms with E-state index in [0.717, 1.165) is 29.7 Å². The lowest BCUT2D eigenvalue weighted by Gasteiger charge is -2.17. The Balaban J connectivity index is 2.06. The molecule has 1 atom stereocenters. The second-order valence-corrected chi connectivity index (χ2v) is 4.83. The van der Waals surface area contributed by atoms with Crippen molar-refractivity contribution in [3.05, 3.63) is 46.1 Å². The SMILES string of the molecule is CNC(Cc1cccc(Br)c1)C1=CCCO1. The standard InChI is InChI=1S/C13H16BrNO/c1-15-12(13-6-3-7-16-13)9-10-4-2-5-11(14)8-10/h2,4-6,8,12,15H,3,7,9H2,1H3. The van der Waals surface area contributed by atoms with Gasteiger partial charge in [-0.3, -0.25) is 0 Å². The van der Waals surface area contributed by atoms with Gasteiger partial charge >= 0.3 is 0 Å². The number of benzene rings is 1. The molecule has 1 aromatic rings. The first-order valence-corrected chi connectivity index (χ1v) is 6.33. The van der Waals surface area contributed by atoms with Gasteiger partial charge in [-0.25, -0.2) is 0 Å². The molecule has 1 heterocycles. The summed E-state index contributed by atoms with van der Waals surface area (Å²) in [5.41, 5.74) is 1.31. The second kappa shape index (κ2) is 5.51. The minimum Gasteiger partial charge on any atom is -0.496 e. The maximum Gasteiger partial charge on any atom is 0.109 e. The molecule has 0 saturated heterocycles. The van der Waals surface area contributed by atoms with Crippen LogP contribution in [0, 0.1) is 0 Å². The van der Waals surface area contributed by atoms with Gasteiger partial charge in [0.2, 0.25) is 0 Å². The van der Waals surface area contributed by atoms with Crippen molar-refractivity contribution in [2.24, 2.45) is 0 Å². The van der Waals surface area contributed by atoms with Crippen LogP contribution in [0.5, 0.6) is 0 Å². The molecule has 16 heavy (non-hydrogen) atoms. The van der Waals surface area contributed by atoms with Crippen LogP contribution in [0.3, 0.4) is 0 Å². The third kappa shape index (κ3) is 2.86. The van der Waals surface area contributed by atoms with Crippen LogP contribution < -0.4 is 5.32 Å². The van der Waals surface area contributed by atoms with Crippen molar-refractivity contribution in [1.82, 2.24) is 5.32 Å². The highest BCUT2D eigenvalue weighted by atomic mass is 79.9. The third-order valence-corrected chi connectivity index (χ3v) is 3.25. The van der Waals surface area contributed by atoms with Crippen molar-refractivity contribution in [3.8, 4) is 0 Å². The molecule has 0 saturated carbocycles. The molecule has 1 N–H and O–H groups in total. The summed E-state index contributed by atoms with van der Waals surface area (Å²) in [5.74, 6) is 1.09. The summed E-state index contributed by atoms with van der Waals surface area (Å²) in [4.78, 5) is 0. The van der Waals surface area contributed by atoms with Gasteiger partial charge in [-0.1, -0.05) is 28.1 Å². The fraction of sp³-hybridized carbons (Fsp3) is 0.385. The van der Waals surface area contributed by atoms with Gasteiger partial charge < -0.3 is 10.1 Å². The zero-order valence-corrected chi connectivity index (χ0v) is 11.0. The van der Waals surface area contributed by atoms with Crippen LogP contribution in [0.15, 0.2) is 40.6 Å². The molecule has 0 amide bonds. The van der Waals surface area contributed by atoms with Crippen LogP contribution in [0.1, 0.15) is 12.0 Å². The van der Waals surface area contributed by atoms with Crippen molar-refractivity contribution < 1.29 is 4.74 Å². The summed E-state index contributed by atoms with van der Waals surface area (Å²) in [5, 5.41) is 3.30. The van der Waals surface area contributed by atoms with Crippen LogP contribution in [0.2, 0.25) is 0 Å². The summed E-state index contributed by atoms with van der Waals surface area (Å²) in [6, 6.07) is 8.70. The Bertz CT molecular complexity index is 389. The largest absolute Gasteiger partial charge is 0.496 e. The molecular formula is C13H16BrNO. The van der Waals surface area contributed by atoms with Crippen molar-refractivity contribution >= 4 is 15.9 Å². The molecule has 2 rings (SSSR count). The Morgan fingerprint density at radius 1 is 1.50 bits per heavy atom. The molecule has 0 bridgehead atoms. The molecule has 1 aliphatic heterocycles. The van der Waals surface area contributed by atoms with Gasteiger partial charge in [0, 0.05) is 10.9 Å². The number of hydrogen-bond donors (Lipinski definition) is 1. The van der Waals surface area contributed by atoms with Gasteiger partial charge in [0.15, 0.2) is 0 Å². The predicted molar refractivity (Wildman–Crippen MR) is 69.3 cm³/mol. The van der Waals surface area contributed by atoms with Crippen molar-refractivity contribution in [2.75, 3.05) is 13.7 Å². The molecule has 1 aliphatic rings. The minimum atomic E-state index is 0.289. The zero-order valence-electron chi connectivity index (χ0n) is 9.37. The summed E-state index contributed by atoms with van der Waals surface area (Å²) >= 11 is 3.49. The first-order valence-electron chi connectivity index (χ1n) is 5.54. The van der Waals surface area contributed by atoms with Crippen molar-refractivity contribution in [1.29, 1.82) is 0 Å². The topological polar surface area (TPSA) is 21.3 Å². The normalized spacial score (nSPS) is 16.8. The first-order chi connectivity index (χ1) is 7.79. The van der Waals surface area contributed by atoms with E-state index in [1.807, 2.05) is 13.1 Å². The van der Waals surface area contributed by atoms with Crippen LogP contribution in [0.4, 0.5) is 0 Å². The fourth-order valence-corrected chi connectivity index (χ4v) is 2.37. The van der Waals surface area contributed by atoms with E-state index in [1.54, 1.807) is 0 Å². The van der Waals surface area contributed by atoms with Crippen molar-refractivity contribution in [3.63, 3.8) is 0 Å². The minimum absolute atomic E-state index is 0.289. The predicted octanol–water partition coefficient (Wildman–Crippen LogP) is 2.88. The van der Waals surface area contributed by atoms with E-state index < -0.39 is 0 Å². The van der Waals surface area contributed by atoms with E-state index in [2.05, 4.69) is 45.5 Å². The fourth-order valence-electron chi connectivity index (χ4n) is 1.92. The zero-order chi connectivity index (χ0) is 11.4. The number of halogens is 1. The lowest BCUT2D eigenvalue weighted by atomic mass is 10.0. The quantitative estimate of drug-likeness (QED) is 0.917. The van der Waals surface area contributed by atoms with Crippen molar-refractivity contribution in [2.45, 2.75) is 18.9 Å². The number of ether oxygens (including phenoxy) is 1. The van der Waals surface area contributed by atoms with Gasteiger partial charge in [-0.15, -0.1) is 0 Å². The second-order valence-electron chi connectivity index (χ2n) is 3.92. The van der Waals surface area contributed by atoms with E-state index in [4.69, 9.17) is 4.74 Å². The van der Waals surface area contributed by atoms with E-state index in [9.17, 15) is 0 Å². The Morgan fingerprint density at radius 2 is 2.38 bits per heavy atom. The average Bonchev–Trinajstić information content (AvgIpc) is 2.79. The van der Waals surface area contributed by atoms with E-state index in [-0.39, 0.29) is 6.04 Å². The lowest BCUT2D eigenvalue weighted by Crippen LogP contribution is -2.30. The molecule has 0 aromatic heterocycles. The summed E-state index contributed by atoms with van der Waals surface area (Å²) in [6.45, 7) is 0.825. The monoisotopic (exact) mass is 281 g/mol. The number of likely N-dealkylation sites (N-methyl/N-ethyl adjacent to an activating group) is 1. The molecule has 86 valence electrons. The molecule has 1 aromatic carbocycles. The first kappa shape index (κ1) is 11.7. The maximum atomic E-state index is 5.60. The van der Waals surface area contributed by atoms with Gasteiger partial charge in [0.1, 0.15) is 5.76 Å². The Labute approximate surface area is 105 Å². The summed E-state index contributed by atoms with van der Waals surface area (Å²) in [7, 11) is 1.98. The molecule has 0 spiro atoms. The number of hydrogen-bond acceptors (Lipinski definition) is 2. The highest BCUT2D eigenvalue weighted by Gasteiger charge is 2.17. The van der Waals surface area contributed by atoms with Crippen LogP contribution in [-0.4, -0.2) is 19.7 Å². The molecule has 0 radical (unpaired) electrons. The van der Waals surface area contributed by atoms with Gasteiger partial charge in [-0.2, -0.15) is 0 Å². The van der Waals surface area contributed by atoms with E-state index in [0.29, 0.717) is 0 Å². The van der Waals surface area contributed by atoms with Crippen LogP contribution in [0.25, 0.3) is 0 Å². The highest BCUT2D eigenvalue weighted by molar-refractivity contribution is 9.10. The van der Waals surface area contributed by atoms with E-state index >= 15 is 0 Å². The molecule has 0 aliphatic carbocycles. The van der Waals surface area contributed by atoms with Crippen LogP contribution in [-0.2, 0) is 11.2 Å². The molecular weight excluding hydrogens is 266 g/mol. The van der Waals surface area contributed by atoms with Crippen LogP contribution >= 0.6 is 15.9 Å². The van der Waals surface area contributed by atoms with Gasteiger partial charge in [0.25, 0.3) is 0 Å². The molecule has 3 heteroatoms. The molecule has 1 unspecified atom stereocenters.